The van der Waals surface area contributed by atoms with Gasteiger partial charge in [0, 0.05) is 25.7 Å². The summed E-state index contributed by atoms with van der Waals surface area (Å²) in [5.74, 6) is -1.82. The van der Waals surface area contributed by atoms with Gasteiger partial charge in [-0.1, -0.05) is 84.0 Å². The predicted molar refractivity (Wildman–Crippen MR) is 169 cm³/mol. The summed E-state index contributed by atoms with van der Waals surface area (Å²) in [6, 6.07) is 0. The predicted octanol–water partition coefficient (Wildman–Crippen LogP) is 4.17. The molecule has 0 heterocycles. The van der Waals surface area contributed by atoms with Crippen LogP contribution in [-0.2, 0) is 33.4 Å². The summed E-state index contributed by atoms with van der Waals surface area (Å²) in [5.41, 5.74) is 15.0. The van der Waals surface area contributed by atoms with E-state index in [0.29, 0.717) is 45.3 Å². The zero-order valence-electron chi connectivity index (χ0n) is 27.0. The van der Waals surface area contributed by atoms with Crippen LogP contribution in [0.2, 0.25) is 0 Å². The van der Waals surface area contributed by atoms with Crippen molar-refractivity contribution < 1.29 is 33.4 Å². The second-order valence-electron chi connectivity index (χ2n) is 11.5. The molecule has 1 amide bonds. The number of nitrogens with one attached hydrogen (secondary N) is 1. The molecule has 0 unspecified atom stereocenters. The molecule has 252 valence electrons. The lowest BCUT2D eigenvalue weighted by molar-refractivity contribution is -0.159. The second kappa shape index (κ2) is 28.5. The summed E-state index contributed by atoms with van der Waals surface area (Å²) < 4.78 is 16.3. The topological polar surface area (TPSA) is 186 Å². The number of ether oxygens (including phenoxy) is 3. The number of carbonyl (C=O) groups is 4. The minimum atomic E-state index is -1.43. The molecule has 0 spiro atoms. The Morgan fingerprint density at radius 1 is 0.488 bits per heavy atom. The van der Waals surface area contributed by atoms with E-state index >= 15 is 0 Å². The average Bonchev–Trinajstić information content (AvgIpc) is 3.00. The van der Waals surface area contributed by atoms with Gasteiger partial charge in [-0.15, -0.1) is 0 Å². The Morgan fingerprint density at radius 2 is 0.814 bits per heavy atom. The monoisotopic (exact) mass is 614 g/mol. The van der Waals surface area contributed by atoms with Crippen molar-refractivity contribution in [3.63, 3.8) is 0 Å². The lowest BCUT2D eigenvalue weighted by Crippen LogP contribution is -2.59. The van der Waals surface area contributed by atoms with Gasteiger partial charge in [-0.2, -0.15) is 0 Å². The first-order valence-electron chi connectivity index (χ1n) is 16.7. The highest BCUT2D eigenvalue weighted by Gasteiger charge is 2.37. The van der Waals surface area contributed by atoms with Crippen molar-refractivity contribution in [2.45, 2.75) is 141 Å². The van der Waals surface area contributed by atoms with Crippen molar-refractivity contribution in [1.29, 1.82) is 0 Å². The maximum absolute atomic E-state index is 13.0. The number of unbranched alkanes of at least 4 members (excludes halogenated alkanes) is 12. The molecular formula is C32H62N4O7. The van der Waals surface area contributed by atoms with E-state index in [2.05, 4.69) is 12.2 Å². The second-order valence-corrected chi connectivity index (χ2v) is 11.5. The molecule has 0 fully saturated rings. The summed E-state index contributed by atoms with van der Waals surface area (Å²) in [6.07, 6.45) is 17.5. The normalized spacial score (nSPS) is 11.3. The molecule has 0 aromatic rings. The van der Waals surface area contributed by atoms with Crippen LogP contribution in [0.1, 0.15) is 135 Å². The quantitative estimate of drug-likeness (QED) is 0.0520. The lowest BCUT2D eigenvalue weighted by Gasteiger charge is -2.33. The standard InChI is InChI=1S/C32H62N4O7/c1-2-3-4-5-6-7-8-9-10-11-12-13-14-18-28(37)36-32(25-41-29(38)19-15-22-33,26-42-30(39)20-16-23-34)27-43-31(40)21-17-24-35/h2-27,33-35H2,1H3,(H,36,37). The van der Waals surface area contributed by atoms with E-state index in [4.69, 9.17) is 31.4 Å². The van der Waals surface area contributed by atoms with E-state index in [1.165, 1.54) is 57.8 Å². The van der Waals surface area contributed by atoms with Crippen molar-refractivity contribution in [3.05, 3.63) is 0 Å². The first-order chi connectivity index (χ1) is 20.8. The molecule has 0 radical (unpaired) electrons. The van der Waals surface area contributed by atoms with Gasteiger partial charge < -0.3 is 36.7 Å². The van der Waals surface area contributed by atoms with E-state index in [-0.39, 0.29) is 51.4 Å². The Balaban J connectivity index is 4.96. The van der Waals surface area contributed by atoms with E-state index in [1.54, 1.807) is 0 Å². The van der Waals surface area contributed by atoms with Crippen LogP contribution in [0.15, 0.2) is 0 Å². The van der Waals surface area contributed by atoms with Gasteiger partial charge in [0.15, 0.2) is 0 Å². The summed E-state index contributed by atoms with van der Waals surface area (Å²) in [7, 11) is 0. The molecule has 0 aromatic heterocycles. The maximum atomic E-state index is 13.0. The highest BCUT2D eigenvalue weighted by atomic mass is 16.6. The van der Waals surface area contributed by atoms with Gasteiger partial charge in [-0.3, -0.25) is 19.2 Å². The van der Waals surface area contributed by atoms with Crippen LogP contribution < -0.4 is 22.5 Å². The fourth-order valence-electron chi connectivity index (χ4n) is 4.51. The molecule has 0 aliphatic heterocycles. The minimum Gasteiger partial charge on any atom is -0.463 e. The van der Waals surface area contributed by atoms with Crippen LogP contribution in [0.25, 0.3) is 0 Å². The van der Waals surface area contributed by atoms with Crippen molar-refractivity contribution in [2.75, 3.05) is 39.5 Å². The van der Waals surface area contributed by atoms with Gasteiger partial charge in [0.1, 0.15) is 25.4 Å². The third-order valence-electron chi connectivity index (χ3n) is 7.20. The van der Waals surface area contributed by atoms with Gasteiger partial charge in [-0.05, 0) is 45.3 Å². The Bertz CT molecular complexity index is 677. The average molecular weight is 615 g/mol. The molecule has 0 aliphatic carbocycles. The molecule has 0 saturated heterocycles. The molecule has 43 heavy (non-hydrogen) atoms. The number of carbonyl (C=O) groups excluding carboxylic acids is 4. The fraction of sp³-hybridized carbons (Fsp3) is 0.875. The number of esters is 3. The first-order valence-corrected chi connectivity index (χ1v) is 16.7. The molecule has 0 saturated carbocycles. The van der Waals surface area contributed by atoms with Crippen LogP contribution in [0.5, 0.6) is 0 Å². The van der Waals surface area contributed by atoms with E-state index < -0.39 is 23.4 Å². The third kappa shape index (κ3) is 24.9. The molecule has 0 atom stereocenters. The Morgan fingerprint density at radius 3 is 1.14 bits per heavy atom. The van der Waals surface area contributed by atoms with Crippen molar-refractivity contribution in [2.24, 2.45) is 17.2 Å². The van der Waals surface area contributed by atoms with Crippen LogP contribution in [0.3, 0.4) is 0 Å². The van der Waals surface area contributed by atoms with Gasteiger partial charge >= 0.3 is 17.9 Å². The SMILES string of the molecule is CCCCCCCCCCCCCCCC(=O)NC(COC(=O)CCCN)(COC(=O)CCCN)COC(=O)CCCN. The van der Waals surface area contributed by atoms with Gasteiger partial charge in [0.25, 0.3) is 0 Å². The van der Waals surface area contributed by atoms with E-state index in [1.807, 2.05) is 0 Å². The lowest BCUT2D eigenvalue weighted by atomic mass is 10.0. The molecule has 0 rings (SSSR count). The molecule has 0 aromatic carbocycles. The Hall–Kier alpha value is -2.24. The highest BCUT2D eigenvalue weighted by Crippen LogP contribution is 2.15. The smallest absolute Gasteiger partial charge is 0.305 e. The maximum Gasteiger partial charge on any atom is 0.305 e. The summed E-state index contributed by atoms with van der Waals surface area (Å²) in [5, 5.41) is 2.86. The van der Waals surface area contributed by atoms with Crippen LogP contribution in [-0.4, -0.2) is 68.8 Å². The van der Waals surface area contributed by atoms with Crippen molar-refractivity contribution >= 4 is 23.8 Å². The summed E-state index contributed by atoms with van der Waals surface area (Å²) >= 11 is 0. The van der Waals surface area contributed by atoms with Crippen LogP contribution in [0, 0.1) is 0 Å². The first kappa shape index (κ1) is 40.8. The van der Waals surface area contributed by atoms with Crippen LogP contribution >= 0.6 is 0 Å². The summed E-state index contributed by atoms with van der Waals surface area (Å²) in [4.78, 5) is 49.8. The number of hydrogen-bond acceptors (Lipinski definition) is 10. The Labute approximate surface area is 260 Å². The molecule has 7 N–H and O–H groups in total. The van der Waals surface area contributed by atoms with E-state index in [0.717, 1.165) is 19.3 Å². The van der Waals surface area contributed by atoms with Crippen molar-refractivity contribution in [1.82, 2.24) is 5.32 Å². The largest absolute Gasteiger partial charge is 0.463 e. The van der Waals surface area contributed by atoms with Gasteiger partial charge in [0.2, 0.25) is 5.91 Å². The highest BCUT2D eigenvalue weighted by molar-refractivity contribution is 5.77. The van der Waals surface area contributed by atoms with E-state index in [9.17, 15) is 19.2 Å². The number of nitrogens with two attached hydrogens (primary N) is 3. The molecule has 11 heteroatoms. The molecule has 0 aliphatic rings. The van der Waals surface area contributed by atoms with Crippen LogP contribution in [0.4, 0.5) is 0 Å². The minimum absolute atomic E-state index is 0.103. The Kier molecular flexibility index (Phi) is 27.0. The van der Waals surface area contributed by atoms with Gasteiger partial charge in [0.05, 0.1) is 0 Å². The van der Waals surface area contributed by atoms with Gasteiger partial charge in [-0.25, -0.2) is 0 Å². The number of amides is 1. The molecule has 0 bridgehead atoms. The molecule has 11 nitrogen and oxygen atoms in total. The number of hydrogen-bond donors (Lipinski definition) is 4. The summed E-state index contributed by atoms with van der Waals surface area (Å²) in [6.45, 7) is 2.25. The van der Waals surface area contributed by atoms with Crippen molar-refractivity contribution in [3.8, 4) is 0 Å². The zero-order valence-corrected chi connectivity index (χ0v) is 27.0. The fourth-order valence-corrected chi connectivity index (χ4v) is 4.51. The zero-order chi connectivity index (χ0) is 32.0. The molecular weight excluding hydrogens is 552 g/mol. The number of rotatable bonds is 30. The third-order valence-corrected chi connectivity index (χ3v) is 7.20.